The van der Waals surface area contributed by atoms with E-state index in [0.29, 0.717) is 5.76 Å². The molecule has 1 rings (SSSR count). The number of hydrogen-bond donors (Lipinski definition) is 3. The molecule has 0 spiro atoms. The number of ketones is 1. The van der Waals surface area contributed by atoms with Gasteiger partial charge in [-0.2, -0.15) is 0 Å². The van der Waals surface area contributed by atoms with E-state index in [9.17, 15) is 4.79 Å². The second kappa shape index (κ2) is 4.74. The molecule has 0 fully saturated rings. The average Bonchev–Trinajstić information content (AvgIpc) is 2.13. The van der Waals surface area contributed by atoms with Crippen molar-refractivity contribution in [2.45, 2.75) is 38.4 Å². The van der Waals surface area contributed by atoms with Gasteiger partial charge in [-0.05, 0) is 26.2 Å². The van der Waals surface area contributed by atoms with Gasteiger partial charge >= 0.3 is 0 Å². The Morgan fingerprint density at radius 1 is 1.33 bits per heavy atom. The molecule has 0 bridgehead atoms. The van der Waals surface area contributed by atoms with Crippen molar-refractivity contribution in [3.8, 4) is 0 Å². The molecule has 0 saturated carbocycles. The molecule has 5 nitrogen and oxygen atoms in total. The molecule has 0 amide bonds. The van der Waals surface area contributed by atoms with E-state index in [0.717, 1.165) is 31.3 Å². The minimum atomic E-state index is -1.33. The van der Waals surface area contributed by atoms with Gasteiger partial charge in [0, 0.05) is 12.0 Å². The monoisotopic (exact) mass is 213 g/mol. The highest BCUT2D eigenvalue weighted by atomic mass is 16.5. The van der Waals surface area contributed by atoms with Crippen LogP contribution in [-0.4, -0.2) is 18.2 Å². The van der Waals surface area contributed by atoms with Crippen molar-refractivity contribution >= 4 is 5.78 Å². The number of nitrogens with two attached hydrogens (primary N) is 3. The second-order valence-corrected chi connectivity index (χ2v) is 4.03. The molecule has 1 aliphatic carbocycles. The Balaban J connectivity index is 2.77. The van der Waals surface area contributed by atoms with Crippen LogP contribution in [0.5, 0.6) is 0 Å². The molecular formula is C10H19N3O2. The van der Waals surface area contributed by atoms with Gasteiger partial charge in [-0.25, -0.2) is 0 Å². The van der Waals surface area contributed by atoms with Crippen LogP contribution < -0.4 is 17.2 Å². The first-order valence-electron chi connectivity index (χ1n) is 5.12. The molecule has 6 N–H and O–H groups in total. The number of ether oxygens (including phenoxy) is 1. The van der Waals surface area contributed by atoms with Crippen molar-refractivity contribution in [2.24, 2.45) is 17.2 Å². The lowest BCUT2D eigenvalue weighted by atomic mass is 9.93. The van der Waals surface area contributed by atoms with Gasteiger partial charge in [0.25, 0.3) is 0 Å². The fraction of sp³-hybridized carbons (Fsp3) is 0.700. The topological polar surface area (TPSA) is 104 Å². The van der Waals surface area contributed by atoms with E-state index >= 15 is 0 Å². The van der Waals surface area contributed by atoms with Crippen molar-refractivity contribution in [3.63, 3.8) is 0 Å². The predicted octanol–water partition coefficient (Wildman–Crippen LogP) is -0.0500. The predicted molar refractivity (Wildman–Crippen MR) is 57.4 cm³/mol. The highest BCUT2D eigenvalue weighted by molar-refractivity contribution is 5.76. The summed E-state index contributed by atoms with van der Waals surface area (Å²) in [5.74, 6) is -0.653. The van der Waals surface area contributed by atoms with E-state index in [-0.39, 0.29) is 12.4 Å². The number of carbonyl (C=O) groups excluding carboxylic acids is 1. The number of hydrogen-bond acceptors (Lipinski definition) is 5. The summed E-state index contributed by atoms with van der Waals surface area (Å²) >= 11 is 0. The molecule has 1 aliphatic rings. The third-order valence-corrected chi connectivity index (χ3v) is 2.39. The molecule has 0 atom stereocenters. The van der Waals surface area contributed by atoms with Crippen LogP contribution in [0.3, 0.4) is 0 Å². The number of allylic oxidation sites excluding steroid dienone is 1. The summed E-state index contributed by atoms with van der Waals surface area (Å²) < 4.78 is 5.37. The molecule has 0 heterocycles. The van der Waals surface area contributed by atoms with Crippen molar-refractivity contribution in [3.05, 3.63) is 11.3 Å². The molecule has 86 valence electrons. The van der Waals surface area contributed by atoms with Gasteiger partial charge in [0.05, 0.1) is 0 Å². The van der Waals surface area contributed by atoms with Gasteiger partial charge in [-0.3, -0.25) is 22.0 Å². The van der Waals surface area contributed by atoms with E-state index in [2.05, 4.69) is 0 Å². The third-order valence-electron chi connectivity index (χ3n) is 2.39. The minimum Gasteiger partial charge on any atom is -0.490 e. The summed E-state index contributed by atoms with van der Waals surface area (Å²) in [5.41, 5.74) is 17.7. The summed E-state index contributed by atoms with van der Waals surface area (Å²) in [6.45, 7) is 1.54. The van der Waals surface area contributed by atoms with Crippen molar-refractivity contribution in [2.75, 3.05) is 6.61 Å². The maximum Gasteiger partial charge on any atom is 0.167 e. The average molecular weight is 213 g/mol. The van der Waals surface area contributed by atoms with E-state index in [1.165, 1.54) is 6.92 Å². The second-order valence-electron chi connectivity index (χ2n) is 4.03. The Morgan fingerprint density at radius 3 is 2.47 bits per heavy atom. The number of rotatable bonds is 4. The van der Waals surface area contributed by atoms with Crippen LogP contribution in [0.25, 0.3) is 0 Å². The SMILES string of the molecule is CC(=O)COC1=C(C(N)(N)N)CCCC1. The number of Topliss-reactive ketones (excluding diaryl/α,β-unsaturated/α-hetero) is 1. The smallest absolute Gasteiger partial charge is 0.167 e. The molecule has 0 aromatic carbocycles. The van der Waals surface area contributed by atoms with E-state index < -0.39 is 5.79 Å². The lowest BCUT2D eigenvalue weighted by molar-refractivity contribution is -0.120. The summed E-state index contributed by atoms with van der Waals surface area (Å²) in [5, 5.41) is 0. The quantitative estimate of drug-likeness (QED) is 0.568. The van der Waals surface area contributed by atoms with Gasteiger partial charge in [-0.15, -0.1) is 0 Å². The maximum atomic E-state index is 10.8. The fourth-order valence-electron chi connectivity index (χ4n) is 1.68. The van der Waals surface area contributed by atoms with Crippen LogP contribution in [0, 0.1) is 0 Å². The summed E-state index contributed by atoms with van der Waals surface area (Å²) in [7, 11) is 0. The summed E-state index contributed by atoms with van der Waals surface area (Å²) in [6, 6.07) is 0. The molecule has 0 aromatic heterocycles. The van der Waals surface area contributed by atoms with E-state index in [4.69, 9.17) is 21.9 Å². The Hall–Kier alpha value is -0.910. The third kappa shape index (κ3) is 3.62. The van der Waals surface area contributed by atoms with Gasteiger partial charge in [-0.1, -0.05) is 0 Å². The standard InChI is InChI=1S/C10H19N3O2/c1-7(14)6-15-9-5-3-2-4-8(9)10(11,12)13/h2-6,11-13H2,1H3. The van der Waals surface area contributed by atoms with Crippen LogP contribution in [-0.2, 0) is 9.53 Å². The first-order chi connectivity index (χ1) is 6.91. The van der Waals surface area contributed by atoms with Crippen molar-refractivity contribution < 1.29 is 9.53 Å². The molecule has 0 aliphatic heterocycles. The van der Waals surface area contributed by atoms with Gasteiger partial charge in [0.15, 0.2) is 5.78 Å². The highest BCUT2D eigenvalue weighted by Crippen LogP contribution is 2.28. The minimum absolute atomic E-state index is 0.0240. The zero-order chi connectivity index (χ0) is 11.5. The molecule has 5 heteroatoms. The summed E-state index contributed by atoms with van der Waals surface area (Å²) in [4.78, 5) is 10.8. The van der Waals surface area contributed by atoms with Crippen LogP contribution in [0.2, 0.25) is 0 Å². The Kier molecular flexibility index (Phi) is 3.84. The summed E-state index contributed by atoms with van der Waals surface area (Å²) in [6.07, 6.45) is 3.54. The Labute approximate surface area is 89.6 Å². The van der Waals surface area contributed by atoms with E-state index in [1.807, 2.05) is 0 Å². The van der Waals surface area contributed by atoms with Crippen LogP contribution in [0.1, 0.15) is 32.6 Å². The molecule has 0 unspecified atom stereocenters. The molecule has 0 radical (unpaired) electrons. The molecule has 15 heavy (non-hydrogen) atoms. The first-order valence-corrected chi connectivity index (χ1v) is 5.12. The Bertz CT molecular complexity index is 279. The maximum absolute atomic E-state index is 10.8. The van der Waals surface area contributed by atoms with Gasteiger partial charge in [0.1, 0.15) is 18.2 Å². The van der Waals surface area contributed by atoms with Crippen LogP contribution in [0.15, 0.2) is 11.3 Å². The van der Waals surface area contributed by atoms with Gasteiger partial charge < -0.3 is 4.74 Å². The molecule has 0 saturated heterocycles. The van der Waals surface area contributed by atoms with Crippen molar-refractivity contribution in [1.82, 2.24) is 0 Å². The van der Waals surface area contributed by atoms with Crippen molar-refractivity contribution in [1.29, 1.82) is 0 Å². The zero-order valence-corrected chi connectivity index (χ0v) is 9.08. The van der Waals surface area contributed by atoms with Gasteiger partial charge in [0.2, 0.25) is 0 Å². The molecule has 0 aromatic rings. The van der Waals surface area contributed by atoms with Crippen LogP contribution >= 0.6 is 0 Å². The number of carbonyl (C=O) groups is 1. The largest absolute Gasteiger partial charge is 0.490 e. The normalized spacial score (nSPS) is 17.9. The first kappa shape index (κ1) is 12.2. The lowest BCUT2D eigenvalue weighted by Gasteiger charge is -2.29. The highest BCUT2D eigenvalue weighted by Gasteiger charge is 2.26. The molecular weight excluding hydrogens is 194 g/mol. The Morgan fingerprint density at radius 2 is 1.93 bits per heavy atom. The van der Waals surface area contributed by atoms with E-state index in [1.54, 1.807) is 0 Å². The zero-order valence-electron chi connectivity index (χ0n) is 9.08. The van der Waals surface area contributed by atoms with Crippen LogP contribution in [0.4, 0.5) is 0 Å². The fourth-order valence-corrected chi connectivity index (χ4v) is 1.68. The lowest BCUT2D eigenvalue weighted by Crippen LogP contribution is -2.60.